The summed E-state index contributed by atoms with van der Waals surface area (Å²) in [6, 6.07) is 0. The van der Waals surface area contributed by atoms with Crippen LogP contribution in [0.2, 0.25) is 0 Å². The van der Waals surface area contributed by atoms with E-state index < -0.39 is 0 Å². The van der Waals surface area contributed by atoms with Crippen molar-refractivity contribution in [3.05, 3.63) is 0 Å². The second-order valence-corrected chi connectivity index (χ2v) is 5.48. The van der Waals surface area contributed by atoms with Crippen LogP contribution in [0.25, 0.3) is 0 Å². The lowest BCUT2D eigenvalue weighted by Crippen LogP contribution is -2.42. The molecule has 1 saturated carbocycles. The number of hydrogen-bond donors (Lipinski definition) is 1. The van der Waals surface area contributed by atoms with Crippen molar-refractivity contribution in [1.29, 1.82) is 0 Å². The van der Waals surface area contributed by atoms with Gasteiger partial charge in [0.2, 0.25) is 5.91 Å². The summed E-state index contributed by atoms with van der Waals surface area (Å²) in [6.07, 6.45) is 1.04. The van der Waals surface area contributed by atoms with Crippen LogP contribution in [-0.4, -0.2) is 11.4 Å². The smallest absolute Gasteiger partial charge is 0.224 e. The lowest BCUT2D eigenvalue weighted by atomic mass is 10.1. The van der Waals surface area contributed by atoms with Gasteiger partial charge in [-0.2, -0.15) is 0 Å². The Bertz CT molecular complexity index is 200. The van der Waals surface area contributed by atoms with Crippen LogP contribution < -0.4 is 5.32 Å². The van der Waals surface area contributed by atoms with E-state index in [1.54, 1.807) is 0 Å². The predicted molar refractivity (Wildman–Crippen MR) is 49.8 cm³/mol. The van der Waals surface area contributed by atoms with Crippen LogP contribution in [0.15, 0.2) is 0 Å². The highest BCUT2D eigenvalue weighted by atomic mass is 16.2. The van der Waals surface area contributed by atoms with Crippen LogP contribution in [0.5, 0.6) is 0 Å². The summed E-state index contributed by atoms with van der Waals surface area (Å²) in [5.41, 5.74) is 0.158. The summed E-state index contributed by atoms with van der Waals surface area (Å²) < 4.78 is 0. The van der Waals surface area contributed by atoms with Crippen molar-refractivity contribution in [2.45, 2.75) is 46.6 Å². The maximum atomic E-state index is 11.5. The van der Waals surface area contributed by atoms with Gasteiger partial charge in [-0.05, 0) is 32.6 Å². The van der Waals surface area contributed by atoms with Crippen molar-refractivity contribution in [2.75, 3.05) is 0 Å². The maximum Gasteiger partial charge on any atom is 0.224 e. The van der Waals surface area contributed by atoms with Crippen LogP contribution in [0.3, 0.4) is 0 Å². The van der Waals surface area contributed by atoms with Gasteiger partial charge in [-0.25, -0.2) is 0 Å². The molecule has 1 rings (SSSR count). The summed E-state index contributed by atoms with van der Waals surface area (Å²) in [5.74, 6) is 0.462. The molecule has 1 fully saturated rings. The zero-order chi connectivity index (χ0) is 9.57. The van der Waals surface area contributed by atoms with Gasteiger partial charge in [-0.3, -0.25) is 4.79 Å². The summed E-state index contributed by atoms with van der Waals surface area (Å²) in [4.78, 5) is 11.5. The molecule has 0 aromatic heterocycles. The van der Waals surface area contributed by atoms with Gasteiger partial charge in [-0.1, -0.05) is 13.8 Å². The van der Waals surface area contributed by atoms with Gasteiger partial charge in [0, 0.05) is 11.5 Å². The number of amides is 1. The molecular weight excluding hydrogens is 150 g/mol. The Labute approximate surface area is 74.7 Å². The molecule has 0 saturated heterocycles. The van der Waals surface area contributed by atoms with Crippen molar-refractivity contribution < 1.29 is 4.79 Å². The molecule has 0 aromatic carbocycles. The van der Waals surface area contributed by atoms with Gasteiger partial charge in [0.1, 0.15) is 0 Å². The predicted octanol–water partition coefficient (Wildman–Crippen LogP) is 1.95. The average Bonchev–Trinajstić information content (AvgIpc) is 2.35. The first-order chi connectivity index (χ1) is 5.22. The third-order valence-corrected chi connectivity index (χ3v) is 2.33. The minimum atomic E-state index is -0.0875. The fourth-order valence-electron chi connectivity index (χ4n) is 1.37. The zero-order valence-electron chi connectivity index (χ0n) is 8.69. The second-order valence-electron chi connectivity index (χ2n) is 5.48. The second kappa shape index (κ2) is 2.48. The summed E-state index contributed by atoms with van der Waals surface area (Å²) in [7, 11) is 0. The molecule has 1 atom stereocenters. The Balaban J connectivity index is 2.42. The number of rotatable bonds is 1. The Morgan fingerprint density at radius 1 is 1.42 bits per heavy atom. The standard InChI is InChI=1S/C10H19NO/c1-9(2,3)11-8(12)7-6-10(7,4)5/h7H,6H2,1-5H3,(H,11,12)/t7-/m1/s1. The lowest BCUT2D eigenvalue weighted by molar-refractivity contribution is -0.124. The molecule has 0 bridgehead atoms. The highest BCUT2D eigenvalue weighted by Crippen LogP contribution is 2.51. The molecule has 2 heteroatoms. The largest absolute Gasteiger partial charge is 0.351 e. The lowest BCUT2D eigenvalue weighted by Gasteiger charge is -2.20. The minimum absolute atomic E-state index is 0.0875. The minimum Gasteiger partial charge on any atom is -0.351 e. The van der Waals surface area contributed by atoms with Gasteiger partial charge < -0.3 is 5.32 Å². The molecule has 1 aliphatic carbocycles. The average molecular weight is 169 g/mol. The van der Waals surface area contributed by atoms with Gasteiger partial charge in [-0.15, -0.1) is 0 Å². The summed E-state index contributed by atoms with van der Waals surface area (Å²) in [6.45, 7) is 10.3. The molecule has 2 nitrogen and oxygen atoms in total. The topological polar surface area (TPSA) is 29.1 Å². The van der Waals surface area contributed by atoms with Gasteiger partial charge in [0.25, 0.3) is 0 Å². The Morgan fingerprint density at radius 3 is 2.08 bits per heavy atom. The van der Waals surface area contributed by atoms with E-state index in [-0.39, 0.29) is 22.8 Å². The van der Waals surface area contributed by atoms with Crippen LogP contribution in [-0.2, 0) is 4.79 Å². The quantitative estimate of drug-likeness (QED) is 0.638. The molecule has 0 radical (unpaired) electrons. The van der Waals surface area contributed by atoms with E-state index in [4.69, 9.17) is 0 Å². The SMILES string of the molecule is CC(C)(C)NC(=O)[C@H]1CC1(C)C. The highest BCUT2D eigenvalue weighted by Gasteiger charge is 2.50. The van der Waals surface area contributed by atoms with Gasteiger partial charge >= 0.3 is 0 Å². The van der Waals surface area contributed by atoms with Crippen molar-refractivity contribution in [3.63, 3.8) is 0 Å². The van der Waals surface area contributed by atoms with Crippen molar-refractivity contribution in [2.24, 2.45) is 11.3 Å². The van der Waals surface area contributed by atoms with E-state index in [9.17, 15) is 4.79 Å². The fraction of sp³-hybridized carbons (Fsp3) is 0.900. The third-order valence-electron chi connectivity index (χ3n) is 2.33. The van der Waals surface area contributed by atoms with Crippen LogP contribution >= 0.6 is 0 Å². The molecule has 0 spiro atoms. The maximum absolute atomic E-state index is 11.5. The summed E-state index contributed by atoms with van der Waals surface area (Å²) >= 11 is 0. The molecule has 0 aromatic rings. The van der Waals surface area contributed by atoms with Crippen LogP contribution in [0.4, 0.5) is 0 Å². The zero-order valence-corrected chi connectivity index (χ0v) is 8.69. The third kappa shape index (κ3) is 2.23. The Hall–Kier alpha value is -0.530. The van der Waals surface area contributed by atoms with E-state index in [2.05, 4.69) is 19.2 Å². The Kier molecular flexibility index (Phi) is 1.97. The van der Waals surface area contributed by atoms with Gasteiger partial charge in [0.15, 0.2) is 0 Å². The Morgan fingerprint density at radius 2 is 1.83 bits per heavy atom. The fourth-order valence-corrected chi connectivity index (χ4v) is 1.37. The molecular formula is C10H19NO. The van der Waals surface area contributed by atoms with Crippen molar-refractivity contribution in [3.8, 4) is 0 Å². The monoisotopic (exact) mass is 169 g/mol. The first kappa shape index (κ1) is 9.56. The molecule has 0 heterocycles. The molecule has 0 unspecified atom stereocenters. The number of hydrogen-bond acceptors (Lipinski definition) is 1. The molecule has 1 amide bonds. The van der Waals surface area contributed by atoms with Crippen LogP contribution in [0, 0.1) is 11.3 Å². The van der Waals surface area contributed by atoms with Crippen molar-refractivity contribution in [1.82, 2.24) is 5.32 Å². The summed E-state index contributed by atoms with van der Waals surface area (Å²) in [5, 5.41) is 3.00. The molecule has 70 valence electrons. The number of carbonyl (C=O) groups is 1. The van der Waals surface area contributed by atoms with E-state index in [0.29, 0.717) is 0 Å². The normalized spacial score (nSPS) is 26.6. The van der Waals surface area contributed by atoms with Crippen molar-refractivity contribution >= 4 is 5.91 Å². The van der Waals surface area contributed by atoms with Crippen LogP contribution in [0.1, 0.15) is 41.0 Å². The first-order valence-electron chi connectivity index (χ1n) is 4.54. The number of nitrogens with one attached hydrogen (secondary N) is 1. The molecule has 1 N–H and O–H groups in total. The van der Waals surface area contributed by atoms with Gasteiger partial charge in [0.05, 0.1) is 0 Å². The number of carbonyl (C=O) groups excluding carboxylic acids is 1. The first-order valence-corrected chi connectivity index (χ1v) is 4.54. The van der Waals surface area contributed by atoms with E-state index in [0.717, 1.165) is 6.42 Å². The van der Waals surface area contributed by atoms with E-state index >= 15 is 0 Å². The van der Waals surface area contributed by atoms with E-state index in [1.165, 1.54) is 0 Å². The molecule has 0 aliphatic heterocycles. The highest BCUT2D eigenvalue weighted by molar-refractivity contribution is 5.82. The van der Waals surface area contributed by atoms with E-state index in [1.807, 2.05) is 20.8 Å². The molecule has 1 aliphatic rings. The molecule has 12 heavy (non-hydrogen) atoms.